The van der Waals surface area contributed by atoms with Crippen molar-refractivity contribution in [2.24, 2.45) is 4.99 Å². The molecule has 2 aromatic heterocycles. The summed E-state index contributed by atoms with van der Waals surface area (Å²) in [6, 6.07) is 7.25. The van der Waals surface area contributed by atoms with Gasteiger partial charge in [0.05, 0.1) is 96.7 Å². The number of hydrogen-bond donors (Lipinski definition) is 4. The number of aliphatic imine (C=N–C) groups is 1. The third kappa shape index (κ3) is 14.7. The number of carboxylic acid groups (broad SMARTS) is 1. The van der Waals surface area contributed by atoms with Gasteiger partial charge in [0.2, 0.25) is 11.8 Å². The molecule has 356 valence electrons. The molecule has 3 aliphatic heterocycles. The second-order valence-electron chi connectivity index (χ2n) is 15.9. The van der Waals surface area contributed by atoms with Crippen molar-refractivity contribution in [3.63, 3.8) is 0 Å². The number of aryl methyl sites for hydroxylation is 2. The number of rotatable bonds is 29. The summed E-state index contributed by atoms with van der Waals surface area (Å²) in [7, 11) is 0. The number of carboxylic acids is 1. The quantitative estimate of drug-likeness (QED) is 0.0561. The van der Waals surface area contributed by atoms with Crippen LogP contribution < -0.4 is 16.0 Å². The number of aliphatic carboxylic acids is 1. The highest BCUT2D eigenvalue weighted by molar-refractivity contribution is 8.00. The summed E-state index contributed by atoms with van der Waals surface area (Å²) in [4.78, 5) is 56.8. The number of ether oxygens (including phenoxy) is 5. The van der Waals surface area contributed by atoms with Crippen LogP contribution in [0.1, 0.15) is 77.8 Å². The molecule has 4 amide bonds. The van der Waals surface area contributed by atoms with Gasteiger partial charge in [-0.15, -0.1) is 21.5 Å². The van der Waals surface area contributed by atoms with Crippen molar-refractivity contribution in [2.75, 3.05) is 91.5 Å². The number of amides is 4. The molecule has 3 aliphatic rings. The molecule has 3 aromatic rings. The minimum atomic E-state index is -0.932. The number of carbonyl (C=O) groups excluding carboxylic acids is 3. The Bertz CT molecular complexity index is 2090. The molecule has 21 heteroatoms. The summed E-state index contributed by atoms with van der Waals surface area (Å²) in [5, 5.41) is 28.6. The Kier molecular flexibility index (Phi) is 19.9. The molecule has 2 saturated heterocycles. The van der Waals surface area contributed by atoms with E-state index >= 15 is 0 Å². The molecule has 0 aliphatic carbocycles. The van der Waals surface area contributed by atoms with E-state index in [1.165, 1.54) is 4.88 Å². The van der Waals surface area contributed by atoms with Crippen LogP contribution in [0.5, 0.6) is 0 Å². The molecule has 65 heavy (non-hydrogen) atoms. The Morgan fingerprint density at radius 3 is 2.23 bits per heavy atom. The fourth-order valence-corrected chi connectivity index (χ4v) is 10.7. The number of nitrogens with one attached hydrogen (secondary N) is 3. The Balaban J connectivity index is 0.809. The zero-order chi connectivity index (χ0) is 46.1. The predicted octanol–water partition coefficient (Wildman–Crippen LogP) is 4.42. The van der Waals surface area contributed by atoms with Crippen molar-refractivity contribution in [3.05, 3.63) is 62.5 Å². The third-order valence-corrected chi connectivity index (χ3v) is 14.3. The molecule has 0 saturated carbocycles. The first-order valence-corrected chi connectivity index (χ1v) is 24.4. The number of benzene rings is 1. The van der Waals surface area contributed by atoms with Crippen LogP contribution in [-0.2, 0) is 38.1 Å². The number of halogens is 1. The Labute approximate surface area is 392 Å². The molecule has 0 radical (unpaired) electrons. The average Bonchev–Trinajstić information content (AvgIpc) is 4.01. The number of thioether (sulfide) groups is 1. The minimum Gasteiger partial charge on any atom is -0.481 e. The van der Waals surface area contributed by atoms with E-state index in [0.717, 1.165) is 58.2 Å². The number of urea groups is 1. The molecule has 18 nitrogen and oxygen atoms in total. The zero-order valence-corrected chi connectivity index (χ0v) is 39.7. The number of thiophene rings is 1. The van der Waals surface area contributed by atoms with E-state index < -0.39 is 12.0 Å². The maximum atomic E-state index is 13.2. The van der Waals surface area contributed by atoms with E-state index in [0.29, 0.717) is 95.0 Å². The summed E-state index contributed by atoms with van der Waals surface area (Å²) < 4.78 is 30.1. The second kappa shape index (κ2) is 25.7. The molecular formula is C44H61ClN8O10S2. The van der Waals surface area contributed by atoms with E-state index in [2.05, 4.69) is 40.0 Å². The number of unbranched alkanes of at least 4 members (excludes halogenated alkanes) is 1. The maximum absolute atomic E-state index is 13.2. The molecule has 0 spiro atoms. The highest BCUT2D eigenvalue weighted by Gasteiger charge is 2.42. The molecule has 0 unspecified atom stereocenters. The number of nitrogens with zero attached hydrogens (tertiary/aromatic N) is 5. The lowest BCUT2D eigenvalue weighted by molar-refractivity contribution is -0.139. The van der Waals surface area contributed by atoms with Gasteiger partial charge >= 0.3 is 12.0 Å². The number of hydrogen-bond acceptors (Lipinski definition) is 14. The van der Waals surface area contributed by atoms with Crippen molar-refractivity contribution in [1.29, 1.82) is 0 Å². The van der Waals surface area contributed by atoms with Crippen molar-refractivity contribution < 1.29 is 48.0 Å². The van der Waals surface area contributed by atoms with Crippen molar-refractivity contribution in [3.8, 4) is 5.00 Å². The van der Waals surface area contributed by atoms with Gasteiger partial charge in [-0.2, -0.15) is 11.8 Å². The van der Waals surface area contributed by atoms with Gasteiger partial charge in [-0.05, 0) is 51.3 Å². The number of aromatic nitrogens is 3. The SMILES string of the molecule is Cc1sc2c(c1C)C(c1ccc(Cl)cc1)=N[C@@H](CC(=O)NCCOCCOCCOCCOCCN(CCOCCC(=O)O)C(=O)CCCC[C@@H]1SC[C@@H]3NC(=O)N[C@@H]31)c1nnc(C)n1-2. The van der Waals surface area contributed by atoms with Crippen molar-refractivity contribution in [2.45, 2.75) is 82.7 Å². The van der Waals surface area contributed by atoms with Crippen LogP contribution in [-0.4, -0.2) is 163 Å². The second-order valence-corrected chi connectivity index (χ2v) is 18.8. The normalized spacial score (nSPS) is 18.6. The first-order chi connectivity index (χ1) is 31.5. The first-order valence-electron chi connectivity index (χ1n) is 22.2. The van der Waals surface area contributed by atoms with Crippen LogP contribution >= 0.6 is 34.7 Å². The molecule has 4 N–H and O–H groups in total. The number of fused-ring (bicyclic) bond motifs is 4. The largest absolute Gasteiger partial charge is 0.481 e. The average molecular weight is 962 g/mol. The Morgan fingerprint density at radius 2 is 1.54 bits per heavy atom. The lowest BCUT2D eigenvalue weighted by Gasteiger charge is -2.23. The fourth-order valence-electron chi connectivity index (χ4n) is 7.80. The third-order valence-electron chi connectivity index (χ3n) is 11.3. The van der Waals surface area contributed by atoms with Gasteiger partial charge in [-0.25, -0.2) is 4.79 Å². The predicted molar refractivity (Wildman–Crippen MR) is 248 cm³/mol. The number of carbonyl (C=O) groups is 4. The van der Waals surface area contributed by atoms with E-state index in [1.807, 2.05) is 47.5 Å². The van der Waals surface area contributed by atoms with E-state index in [9.17, 15) is 19.2 Å². The lowest BCUT2D eigenvalue weighted by atomic mass is 9.99. The zero-order valence-electron chi connectivity index (χ0n) is 37.3. The van der Waals surface area contributed by atoms with Crippen LogP contribution in [0.3, 0.4) is 0 Å². The van der Waals surface area contributed by atoms with Crippen LogP contribution in [0.15, 0.2) is 29.3 Å². The lowest BCUT2D eigenvalue weighted by Crippen LogP contribution is -2.37. The summed E-state index contributed by atoms with van der Waals surface area (Å²) in [6.45, 7) is 10.3. The standard InChI is InChI=1S/C44H61ClN8O10S2/c1-28-29(2)65-43-39(28)40(31-8-10-32(45)11-9-31)47-33(42-51-50-30(3)53(42)43)26-36(54)46-13-17-60-20-22-62-24-25-63-23-21-61-19-15-52(14-18-59-16-12-38(56)57)37(55)7-5-4-6-35-41-34(27-64-35)48-44(58)49-41/h8-11,33-35,41H,4-7,12-27H2,1-3H3,(H,46,54)(H,56,57)(H2,48,49,58)/t33-,34-,35-,41-/m0/s1. The molecule has 0 bridgehead atoms. The summed E-state index contributed by atoms with van der Waals surface area (Å²) in [5.41, 5.74) is 3.84. The molecule has 4 atom stereocenters. The van der Waals surface area contributed by atoms with Gasteiger partial charge < -0.3 is 49.6 Å². The van der Waals surface area contributed by atoms with Crippen LogP contribution in [0.4, 0.5) is 4.79 Å². The van der Waals surface area contributed by atoms with Gasteiger partial charge in [0.25, 0.3) is 0 Å². The van der Waals surface area contributed by atoms with Crippen LogP contribution in [0, 0.1) is 20.8 Å². The van der Waals surface area contributed by atoms with Crippen molar-refractivity contribution in [1.82, 2.24) is 35.6 Å². The van der Waals surface area contributed by atoms with Gasteiger partial charge in [-0.3, -0.25) is 23.9 Å². The van der Waals surface area contributed by atoms with Crippen molar-refractivity contribution >= 4 is 64.2 Å². The molecule has 5 heterocycles. The van der Waals surface area contributed by atoms with Gasteiger partial charge in [0.1, 0.15) is 16.9 Å². The van der Waals surface area contributed by atoms with E-state index in [4.69, 9.17) is 45.4 Å². The van der Waals surface area contributed by atoms with Crippen LogP contribution in [0.25, 0.3) is 5.00 Å². The maximum Gasteiger partial charge on any atom is 0.315 e. The molecule has 6 rings (SSSR count). The van der Waals surface area contributed by atoms with Gasteiger partial charge in [0, 0.05) is 58.1 Å². The summed E-state index contributed by atoms with van der Waals surface area (Å²) in [6.07, 6.45) is 2.94. The monoisotopic (exact) mass is 960 g/mol. The van der Waals surface area contributed by atoms with E-state index in [-0.39, 0.29) is 56.0 Å². The highest BCUT2D eigenvalue weighted by Crippen LogP contribution is 2.39. The van der Waals surface area contributed by atoms with Gasteiger partial charge in [-0.1, -0.05) is 30.2 Å². The first kappa shape index (κ1) is 50.3. The molecule has 2 fully saturated rings. The Hall–Kier alpha value is -4.15. The summed E-state index contributed by atoms with van der Waals surface area (Å²) >= 11 is 9.75. The van der Waals surface area contributed by atoms with Crippen LogP contribution in [0.2, 0.25) is 5.02 Å². The molecular weight excluding hydrogens is 900 g/mol. The summed E-state index contributed by atoms with van der Waals surface area (Å²) in [5.74, 6) is 1.15. The minimum absolute atomic E-state index is 0.000311. The van der Waals surface area contributed by atoms with Gasteiger partial charge in [0.15, 0.2) is 5.82 Å². The molecule has 1 aromatic carbocycles. The smallest absolute Gasteiger partial charge is 0.315 e. The fraction of sp³-hybridized carbons (Fsp3) is 0.614. The van der Waals surface area contributed by atoms with E-state index in [1.54, 1.807) is 16.2 Å². The highest BCUT2D eigenvalue weighted by atomic mass is 35.5. The topological polar surface area (TPSA) is 217 Å². The Morgan fingerprint density at radius 1 is 0.877 bits per heavy atom.